The molecule has 1 amide bonds. The summed E-state index contributed by atoms with van der Waals surface area (Å²) >= 11 is 1.79. The zero-order chi connectivity index (χ0) is 16.9. The van der Waals surface area contributed by atoms with Gasteiger partial charge in [-0.1, -0.05) is 30.3 Å². The minimum absolute atomic E-state index is 0.0698. The van der Waals surface area contributed by atoms with E-state index in [1.54, 1.807) is 18.7 Å². The highest BCUT2D eigenvalue weighted by molar-refractivity contribution is 7.98. The second-order valence-electron chi connectivity index (χ2n) is 6.34. The molecule has 3 rings (SSSR count). The zero-order valence-corrected chi connectivity index (χ0v) is 14.7. The van der Waals surface area contributed by atoms with E-state index in [1.807, 2.05) is 47.4 Å². The number of likely N-dealkylation sites (tertiary alicyclic amines) is 1. The Morgan fingerprint density at radius 3 is 2.54 bits per heavy atom. The molecule has 0 spiro atoms. The molecule has 0 aromatic heterocycles. The van der Waals surface area contributed by atoms with Crippen molar-refractivity contribution < 1.29 is 9.90 Å². The summed E-state index contributed by atoms with van der Waals surface area (Å²) in [6, 6.07) is 18.2. The van der Waals surface area contributed by atoms with Crippen molar-refractivity contribution in [2.24, 2.45) is 5.92 Å². The van der Waals surface area contributed by atoms with Gasteiger partial charge in [0.25, 0.3) is 5.91 Å². The highest BCUT2D eigenvalue weighted by atomic mass is 32.2. The molecule has 0 saturated carbocycles. The van der Waals surface area contributed by atoms with Crippen LogP contribution in [0, 0.1) is 5.92 Å². The van der Waals surface area contributed by atoms with Crippen molar-refractivity contribution in [3.05, 3.63) is 65.7 Å². The van der Waals surface area contributed by atoms with Gasteiger partial charge in [0.15, 0.2) is 0 Å². The Labute approximate surface area is 147 Å². The normalized spacial score (nSPS) is 18.6. The minimum atomic E-state index is -0.347. The van der Waals surface area contributed by atoms with E-state index < -0.39 is 0 Å². The molecule has 2 unspecified atom stereocenters. The van der Waals surface area contributed by atoms with E-state index in [1.165, 1.54) is 10.5 Å². The third-order valence-electron chi connectivity index (χ3n) is 4.54. The standard InChI is InChI=1S/C20H23NO2S/c1-15(22)18-11-12-21(13-18)20(23)17-9-7-16(8-10-17)14-24-19-5-3-2-4-6-19/h2-10,15,18,22H,11-14H2,1H3. The summed E-state index contributed by atoms with van der Waals surface area (Å²) in [5.41, 5.74) is 1.94. The monoisotopic (exact) mass is 341 g/mol. The summed E-state index contributed by atoms with van der Waals surface area (Å²) < 4.78 is 0. The Balaban J connectivity index is 1.57. The van der Waals surface area contributed by atoms with E-state index in [4.69, 9.17) is 0 Å². The van der Waals surface area contributed by atoms with Gasteiger partial charge in [-0.2, -0.15) is 0 Å². The predicted octanol–water partition coefficient (Wildman–Crippen LogP) is 3.82. The summed E-state index contributed by atoms with van der Waals surface area (Å²) in [6.07, 6.45) is 0.537. The topological polar surface area (TPSA) is 40.5 Å². The number of thioether (sulfide) groups is 1. The second kappa shape index (κ2) is 7.86. The highest BCUT2D eigenvalue weighted by Crippen LogP contribution is 2.24. The molecule has 4 heteroatoms. The fourth-order valence-corrected chi connectivity index (χ4v) is 3.85. The minimum Gasteiger partial charge on any atom is -0.393 e. The third-order valence-corrected chi connectivity index (χ3v) is 5.63. The van der Waals surface area contributed by atoms with Gasteiger partial charge in [0.2, 0.25) is 0 Å². The van der Waals surface area contributed by atoms with Gasteiger partial charge < -0.3 is 10.0 Å². The van der Waals surface area contributed by atoms with Crippen molar-refractivity contribution in [3.8, 4) is 0 Å². The van der Waals surface area contributed by atoms with E-state index in [0.717, 1.165) is 24.3 Å². The van der Waals surface area contributed by atoms with Crippen LogP contribution in [0.2, 0.25) is 0 Å². The quantitative estimate of drug-likeness (QED) is 0.841. The van der Waals surface area contributed by atoms with E-state index in [-0.39, 0.29) is 17.9 Å². The lowest BCUT2D eigenvalue weighted by molar-refractivity contribution is 0.0762. The van der Waals surface area contributed by atoms with Crippen molar-refractivity contribution in [3.63, 3.8) is 0 Å². The zero-order valence-electron chi connectivity index (χ0n) is 13.9. The summed E-state index contributed by atoms with van der Waals surface area (Å²) in [7, 11) is 0. The van der Waals surface area contributed by atoms with Crippen LogP contribution >= 0.6 is 11.8 Å². The molecule has 2 aromatic carbocycles. The molecule has 126 valence electrons. The van der Waals surface area contributed by atoms with Crippen molar-refractivity contribution in [1.82, 2.24) is 4.90 Å². The lowest BCUT2D eigenvalue weighted by Crippen LogP contribution is -2.30. The van der Waals surface area contributed by atoms with Gasteiger partial charge in [0.05, 0.1) is 6.10 Å². The Morgan fingerprint density at radius 2 is 1.92 bits per heavy atom. The van der Waals surface area contributed by atoms with Crippen LogP contribution in [-0.2, 0) is 5.75 Å². The molecule has 1 N–H and O–H groups in total. The first kappa shape index (κ1) is 17.1. The van der Waals surface area contributed by atoms with E-state index in [2.05, 4.69) is 12.1 Å². The van der Waals surface area contributed by atoms with Crippen LogP contribution in [0.4, 0.5) is 0 Å². The van der Waals surface area contributed by atoms with Crippen molar-refractivity contribution in [2.45, 2.75) is 30.1 Å². The van der Waals surface area contributed by atoms with Gasteiger partial charge in [0, 0.05) is 35.2 Å². The molecule has 1 saturated heterocycles. The first-order chi connectivity index (χ1) is 11.6. The molecule has 1 aliphatic heterocycles. The molecule has 2 aromatic rings. The van der Waals surface area contributed by atoms with Crippen LogP contribution in [0.1, 0.15) is 29.3 Å². The van der Waals surface area contributed by atoms with Crippen molar-refractivity contribution in [1.29, 1.82) is 0 Å². The maximum atomic E-state index is 12.5. The number of aliphatic hydroxyl groups is 1. The average Bonchev–Trinajstić information content (AvgIpc) is 3.11. The molecule has 0 aliphatic carbocycles. The smallest absolute Gasteiger partial charge is 0.253 e. The molecule has 1 heterocycles. The largest absolute Gasteiger partial charge is 0.393 e. The van der Waals surface area contributed by atoms with E-state index in [0.29, 0.717) is 6.54 Å². The Morgan fingerprint density at radius 1 is 1.21 bits per heavy atom. The first-order valence-electron chi connectivity index (χ1n) is 8.37. The Bertz CT molecular complexity index is 670. The van der Waals surface area contributed by atoms with Crippen LogP contribution in [0.25, 0.3) is 0 Å². The number of nitrogens with zero attached hydrogens (tertiary/aromatic N) is 1. The maximum absolute atomic E-state index is 12.5. The van der Waals surface area contributed by atoms with Gasteiger partial charge in [0.1, 0.15) is 0 Å². The Kier molecular flexibility index (Phi) is 5.59. The molecule has 24 heavy (non-hydrogen) atoms. The van der Waals surface area contributed by atoms with E-state index in [9.17, 15) is 9.90 Å². The second-order valence-corrected chi connectivity index (χ2v) is 7.39. The molecule has 1 fully saturated rings. The molecule has 0 bridgehead atoms. The van der Waals surface area contributed by atoms with Crippen LogP contribution in [0.3, 0.4) is 0 Å². The van der Waals surface area contributed by atoms with Crippen molar-refractivity contribution in [2.75, 3.05) is 13.1 Å². The van der Waals surface area contributed by atoms with Gasteiger partial charge in [-0.15, -0.1) is 11.8 Å². The van der Waals surface area contributed by atoms with E-state index >= 15 is 0 Å². The van der Waals surface area contributed by atoms with Crippen LogP contribution < -0.4 is 0 Å². The van der Waals surface area contributed by atoms with Gasteiger partial charge in [-0.05, 0) is 43.2 Å². The fourth-order valence-electron chi connectivity index (χ4n) is 2.98. The predicted molar refractivity (Wildman–Crippen MR) is 98.1 cm³/mol. The molecule has 3 nitrogen and oxygen atoms in total. The number of carbonyl (C=O) groups excluding carboxylic acids is 1. The average molecular weight is 341 g/mol. The van der Waals surface area contributed by atoms with Crippen LogP contribution in [-0.4, -0.2) is 35.1 Å². The number of benzene rings is 2. The summed E-state index contributed by atoms with van der Waals surface area (Å²) in [5, 5.41) is 9.67. The lowest BCUT2D eigenvalue weighted by Gasteiger charge is -2.18. The molecular formula is C20H23NO2S. The number of rotatable bonds is 5. The van der Waals surface area contributed by atoms with Gasteiger partial charge >= 0.3 is 0 Å². The SMILES string of the molecule is CC(O)C1CCN(C(=O)c2ccc(CSc3ccccc3)cc2)C1. The fraction of sp³-hybridized carbons (Fsp3) is 0.350. The van der Waals surface area contributed by atoms with Gasteiger partial charge in [-0.25, -0.2) is 0 Å². The summed E-state index contributed by atoms with van der Waals surface area (Å²) in [6.45, 7) is 3.19. The van der Waals surface area contributed by atoms with Crippen LogP contribution in [0.15, 0.2) is 59.5 Å². The third kappa shape index (κ3) is 4.19. The summed E-state index contributed by atoms with van der Waals surface area (Å²) in [4.78, 5) is 15.6. The highest BCUT2D eigenvalue weighted by Gasteiger charge is 2.29. The van der Waals surface area contributed by atoms with Crippen LogP contribution in [0.5, 0.6) is 0 Å². The number of aliphatic hydroxyl groups excluding tert-OH is 1. The molecule has 1 aliphatic rings. The van der Waals surface area contributed by atoms with Crippen molar-refractivity contribution >= 4 is 17.7 Å². The maximum Gasteiger partial charge on any atom is 0.253 e. The first-order valence-corrected chi connectivity index (χ1v) is 9.36. The molecule has 2 atom stereocenters. The molecule has 0 radical (unpaired) electrons. The number of carbonyl (C=O) groups is 1. The lowest BCUT2D eigenvalue weighted by atomic mass is 10.0. The van der Waals surface area contributed by atoms with Gasteiger partial charge in [-0.3, -0.25) is 4.79 Å². The molecular weight excluding hydrogens is 318 g/mol. The Hall–Kier alpha value is -1.78. The number of hydrogen-bond acceptors (Lipinski definition) is 3. The summed E-state index contributed by atoms with van der Waals surface area (Å²) in [5.74, 6) is 1.17. The number of hydrogen-bond donors (Lipinski definition) is 1. The number of amides is 1.